The molecule has 0 aliphatic carbocycles. The van der Waals surface area contributed by atoms with E-state index >= 15 is 0 Å². The first kappa shape index (κ1) is 12.0. The van der Waals surface area contributed by atoms with Crippen LogP contribution in [0.15, 0.2) is 29.4 Å². The Bertz CT molecular complexity index is 303. The Balaban J connectivity index is 2.55. The van der Waals surface area contributed by atoms with E-state index in [-0.39, 0.29) is 5.25 Å². The summed E-state index contributed by atoms with van der Waals surface area (Å²) in [5, 5.41) is 8.68. The number of carboxylic acid groups (broad SMARTS) is 1. The minimum atomic E-state index is -0.731. The van der Waals surface area contributed by atoms with Crippen molar-refractivity contribution in [3.8, 4) is 0 Å². The third-order valence-corrected chi connectivity index (χ3v) is 3.29. The average molecular weight is 225 g/mol. The Kier molecular flexibility index (Phi) is 5.18. The molecule has 15 heavy (non-hydrogen) atoms. The molecule has 0 aliphatic heterocycles. The molecule has 1 unspecified atom stereocenters. The van der Waals surface area contributed by atoms with Gasteiger partial charge in [-0.25, -0.2) is 0 Å². The Hall–Kier alpha value is -1.03. The number of carboxylic acids is 1. The number of pyridine rings is 1. The molecule has 1 N–H and O–H groups in total. The normalized spacial score (nSPS) is 12.3. The van der Waals surface area contributed by atoms with Gasteiger partial charge in [0.05, 0.1) is 0 Å². The molecule has 0 saturated heterocycles. The highest BCUT2D eigenvalue weighted by Gasteiger charge is 2.17. The van der Waals surface area contributed by atoms with Crippen LogP contribution in [0.3, 0.4) is 0 Å². The molecule has 0 radical (unpaired) electrons. The Morgan fingerprint density at radius 3 is 2.73 bits per heavy atom. The summed E-state index contributed by atoms with van der Waals surface area (Å²) >= 11 is 1.40. The molecule has 0 fully saturated rings. The molecule has 3 nitrogen and oxygen atoms in total. The molecular formula is C11H15NO2S. The maximum atomic E-state index is 11.0. The summed E-state index contributed by atoms with van der Waals surface area (Å²) in [5.41, 5.74) is 0. The lowest BCUT2D eigenvalue weighted by Gasteiger charge is -2.10. The van der Waals surface area contributed by atoms with Gasteiger partial charge in [0.15, 0.2) is 0 Å². The van der Waals surface area contributed by atoms with Crippen molar-refractivity contribution in [3.05, 3.63) is 24.5 Å². The smallest absolute Gasteiger partial charge is 0.316 e. The van der Waals surface area contributed by atoms with Crippen LogP contribution in [-0.4, -0.2) is 21.3 Å². The average Bonchev–Trinajstić information content (AvgIpc) is 2.25. The van der Waals surface area contributed by atoms with Gasteiger partial charge in [0.25, 0.3) is 0 Å². The number of hydrogen-bond donors (Lipinski definition) is 1. The second kappa shape index (κ2) is 6.45. The van der Waals surface area contributed by atoms with E-state index in [9.17, 15) is 4.79 Å². The SMILES string of the molecule is CCCCC(Sc1ccncc1)C(=O)O. The van der Waals surface area contributed by atoms with Crippen molar-refractivity contribution in [2.75, 3.05) is 0 Å². The zero-order valence-corrected chi connectivity index (χ0v) is 9.54. The summed E-state index contributed by atoms with van der Waals surface area (Å²) in [5.74, 6) is -0.731. The van der Waals surface area contributed by atoms with Gasteiger partial charge in [-0.15, -0.1) is 11.8 Å². The zero-order valence-electron chi connectivity index (χ0n) is 8.72. The molecule has 0 aliphatic rings. The molecule has 1 aromatic heterocycles. The molecule has 82 valence electrons. The van der Waals surface area contributed by atoms with E-state index in [4.69, 9.17) is 5.11 Å². The second-order valence-electron chi connectivity index (χ2n) is 3.27. The molecule has 1 atom stereocenters. The van der Waals surface area contributed by atoms with Crippen molar-refractivity contribution in [1.29, 1.82) is 0 Å². The van der Waals surface area contributed by atoms with Crippen molar-refractivity contribution < 1.29 is 9.90 Å². The number of hydrogen-bond acceptors (Lipinski definition) is 3. The lowest BCUT2D eigenvalue weighted by atomic mass is 10.2. The van der Waals surface area contributed by atoms with E-state index in [1.807, 2.05) is 12.1 Å². The zero-order chi connectivity index (χ0) is 11.1. The van der Waals surface area contributed by atoms with E-state index in [1.54, 1.807) is 12.4 Å². The van der Waals surface area contributed by atoms with Gasteiger partial charge in [0, 0.05) is 17.3 Å². The quantitative estimate of drug-likeness (QED) is 0.756. The van der Waals surface area contributed by atoms with Crippen LogP contribution in [0.2, 0.25) is 0 Å². The van der Waals surface area contributed by atoms with Crippen molar-refractivity contribution in [3.63, 3.8) is 0 Å². The fourth-order valence-electron chi connectivity index (χ4n) is 1.20. The molecule has 0 spiro atoms. The van der Waals surface area contributed by atoms with Crippen LogP contribution in [0.4, 0.5) is 0 Å². The van der Waals surface area contributed by atoms with E-state index in [1.165, 1.54) is 11.8 Å². The largest absolute Gasteiger partial charge is 0.480 e. The number of carbonyl (C=O) groups is 1. The van der Waals surface area contributed by atoms with Gasteiger partial charge < -0.3 is 5.11 Å². The van der Waals surface area contributed by atoms with Gasteiger partial charge in [-0.05, 0) is 18.6 Å². The Morgan fingerprint density at radius 2 is 2.20 bits per heavy atom. The van der Waals surface area contributed by atoms with Crippen LogP contribution in [0, 0.1) is 0 Å². The Morgan fingerprint density at radius 1 is 1.53 bits per heavy atom. The third-order valence-electron chi connectivity index (χ3n) is 2.02. The van der Waals surface area contributed by atoms with E-state index in [0.717, 1.165) is 24.2 Å². The first-order chi connectivity index (χ1) is 7.24. The van der Waals surface area contributed by atoms with Crippen molar-refractivity contribution in [2.45, 2.75) is 36.3 Å². The summed E-state index contributed by atoms with van der Waals surface area (Å²) in [7, 11) is 0. The van der Waals surface area contributed by atoms with E-state index in [0.29, 0.717) is 0 Å². The first-order valence-corrected chi connectivity index (χ1v) is 5.91. The number of nitrogens with zero attached hydrogens (tertiary/aromatic N) is 1. The van der Waals surface area contributed by atoms with Crippen LogP contribution in [0.5, 0.6) is 0 Å². The number of rotatable bonds is 6. The van der Waals surface area contributed by atoms with Crippen LogP contribution >= 0.6 is 11.8 Å². The molecular weight excluding hydrogens is 210 g/mol. The summed E-state index contributed by atoms with van der Waals surface area (Å²) < 4.78 is 0. The van der Waals surface area contributed by atoms with E-state index < -0.39 is 5.97 Å². The third kappa shape index (κ3) is 4.34. The van der Waals surface area contributed by atoms with E-state index in [2.05, 4.69) is 11.9 Å². The summed E-state index contributed by atoms with van der Waals surface area (Å²) in [6.45, 7) is 2.07. The van der Waals surface area contributed by atoms with Gasteiger partial charge in [-0.3, -0.25) is 9.78 Å². The topological polar surface area (TPSA) is 50.2 Å². The highest BCUT2D eigenvalue weighted by Crippen LogP contribution is 2.26. The highest BCUT2D eigenvalue weighted by atomic mass is 32.2. The summed E-state index contributed by atoms with van der Waals surface area (Å²) in [4.78, 5) is 15.8. The minimum Gasteiger partial charge on any atom is -0.480 e. The fraction of sp³-hybridized carbons (Fsp3) is 0.455. The van der Waals surface area contributed by atoms with Gasteiger partial charge in [-0.2, -0.15) is 0 Å². The minimum absolute atomic E-state index is 0.340. The van der Waals surface area contributed by atoms with Crippen LogP contribution in [0.25, 0.3) is 0 Å². The predicted molar refractivity (Wildman–Crippen MR) is 61.0 cm³/mol. The summed E-state index contributed by atoms with van der Waals surface area (Å²) in [6, 6.07) is 3.68. The number of aliphatic carboxylic acids is 1. The lowest BCUT2D eigenvalue weighted by molar-refractivity contribution is -0.136. The van der Waals surface area contributed by atoms with Crippen LogP contribution in [0.1, 0.15) is 26.2 Å². The maximum Gasteiger partial charge on any atom is 0.316 e. The molecule has 1 heterocycles. The van der Waals surface area contributed by atoms with Gasteiger partial charge in [0.2, 0.25) is 0 Å². The first-order valence-electron chi connectivity index (χ1n) is 5.03. The molecule has 0 saturated carbocycles. The lowest BCUT2D eigenvalue weighted by Crippen LogP contribution is -2.15. The summed E-state index contributed by atoms with van der Waals surface area (Å²) in [6.07, 6.45) is 6.07. The Labute approximate surface area is 93.9 Å². The second-order valence-corrected chi connectivity index (χ2v) is 4.55. The molecule has 0 aromatic carbocycles. The highest BCUT2D eigenvalue weighted by molar-refractivity contribution is 8.00. The maximum absolute atomic E-state index is 11.0. The van der Waals surface area contributed by atoms with Crippen molar-refractivity contribution >= 4 is 17.7 Å². The van der Waals surface area contributed by atoms with Gasteiger partial charge in [0.1, 0.15) is 5.25 Å². The fourth-order valence-corrected chi connectivity index (χ4v) is 2.20. The molecule has 4 heteroatoms. The molecule has 1 rings (SSSR count). The standard InChI is InChI=1S/C11H15NO2S/c1-2-3-4-10(11(13)14)15-9-5-7-12-8-6-9/h5-8,10H,2-4H2,1H3,(H,13,14). The van der Waals surface area contributed by atoms with Crippen LogP contribution < -0.4 is 0 Å². The molecule has 0 amide bonds. The van der Waals surface area contributed by atoms with Crippen LogP contribution in [-0.2, 0) is 4.79 Å². The monoisotopic (exact) mass is 225 g/mol. The van der Waals surface area contributed by atoms with Gasteiger partial charge >= 0.3 is 5.97 Å². The molecule has 0 bridgehead atoms. The molecule has 1 aromatic rings. The number of aromatic nitrogens is 1. The number of thioether (sulfide) groups is 1. The van der Waals surface area contributed by atoms with Crippen molar-refractivity contribution in [1.82, 2.24) is 4.98 Å². The van der Waals surface area contributed by atoms with Gasteiger partial charge in [-0.1, -0.05) is 19.8 Å². The van der Waals surface area contributed by atoms with Crippen molar-refractivity contribution in [2.24, 2.45) is 0 Å². The predicted octanol–water partition coefficient (Wildman–Crippen LogP) is 2.82. The number of unbranched alkanes of at least 4 members (excludes halogenated alkanes) is 1.